The van der Waals surface area contributed by atoms with Gasteiger partial charge in [-0.15, -0.1) is 0 Å². The van der Waals surface area contributed by atoms with Crippen LogP contribution in [0.2, 0.25) is 0 Å². The summed E-state index contributed by atoms with van der Waals surface area (Å²) >= 11 is 2.28. The third-order valence-electron chi connectivity index (χ3n) is 2.44. The maximum absolute atomic E-state index is 9.90. The lowest BCUT2D eigenvalue weighted by molar-refractivity contribution is 0.477. The van der Waals surface area contributed by atoms with Crippen molar-refractivity contribution in [1.82, 2.24) is 9.55 Å². The first-order chi connectivity index (χ1) is 6.65. The van der Waals surface area contributed by atoms with Crippen molar-refractivity contribution in [1.29, 1.82) is 0 Å². The molecular weight excluding hydrogens is 310 g/mol. The van der Waals surface area contributed by atoms with Gasteiger partial charge in [0.15, 0.2) is 0 Å². The van der Waals surface area contributed by atoms with Crippen LogP contribution in [0.1, 0.15) is 11.1 Å². The van der Waals surface area contributed by atoms with Gasteiger partial charge in [-0.3, -0.25) is 0 Å². The highest BCUT2D eigenvalue weighted by Gasteiger charge is 2.10. The van der Waals surface area contributed by atoms with Crippen molar-refractivity contribution in [3.8, 4) is 5.75 Å². The Morgan fingerprint density at radius 3 is 2.86 bits per heavy atom. The zero-order valence-corrected chi connectivity index (χ0v) is 11.0. The van der Waals surface area contributed by atoms with E-state index in [1.807, 2.05) is 18.3 Å². The van der Waals surface area contributed by atoms with Gasteiger partial charge in [-0.25, -0.2) is 4.45 Å². The predicted molar refractivity (Wildman–Crippen MR) is 68.6 cm³/mol. The number of hydrogen-bond donors (Lipinski definition) is 1. The van der Waals surface area contributed by atoms with E-state index in [-0.39, 0.29) is 0 Å². The molecule has 0 fully saturated rings. The van der Waals surface area contributed by atoms with E-state index in [9.17, 15) is 5.11 Å². The molecule has 0 amide bonds. The molecular formula is C9H10IN2OP. The molecule has 0 radical (unpaired) electrons. The van der Waals surface area contributed by atoms with Crippen molar-refractivity contribution in [2.45, 2.75) is 13.8 Å². The van der Waals surface area contributed by atoms with Gasteiger partial charge in [-0.2, -0.15) is 5.10 Å². The fourth-order valence-electron chi connectivity index (χ4n) is 1.45. The topological polar surface area (TPSA) is 38.0 Å². The lowest BCUT2D eigenvalue weighted by atomic mass is 10.1. The van der Waals surface area contributed by atoms with Gasteiger partial charge in [0, 0.05) is 0 Å². The van der Waals surface area contributed by atoms with E-state index in [1.165, 1.54) is 0 Å². The van der Waals surface area contributed by atoms with Crippen molar-refractivity contribution >= 4 is 39.3 Å². The summed E-state index contributed by atoms with van der Waals surface area (Å²) < 4.78 is 1.90. The fraction of sp³-hybridized carbons (Fsp3) is 0.222. The van der Waals surface area contributed by atoms with E-state index in [2.05, 4.69) is 33.2 Å². The van der Waals surface area contributed by atoms with Crippen molar-refractivity contribution in [2.24, 2.45) is 0 Å². The highest BCUT2D eigenvalue weighted by Crippen LogP contribution is 2.35. The molecule has 14 heavy (non-hydrogen) atoms. The smallest absolute Gasteiger partial charge is 0.129 e. The number of phenols is 1. The Kier molecular flexibility index (Phi) is 2.66. The molecule has 1 atom stereocenters. The van der Waals surface area contributed by atoms with Gasteiger partial charge in [0.25, 0.3) is 0 Å². The first kappa shape index (κ1) is 10.2. The summed E-state index contributed by atoms with van der Waals surface area (Å²) in [6.07, 6.45) is 2.29. The van der Waals surface area contributed by atoms with E-state index in [4.69, 9.17) is 0 Å². The number of nitrogens with zero attached hydrogens (tertiary/aromatic N) is 2. The Hall–Kier alpha value is -0.350. The van der Waals surface area contributed by atoms with Gasteiger partial charge in [-0.1, -0.05) is 0 Å². The SMILES string of the molecule is Cc1cc2c(cnn2PI)c(O)c1C. The van der Waals surface area contributed by atoms with Crippen LogP contribution < -0.4 is 0 Å². The van der Waals surface area contributed by atoms with E-state index < -0.39 is 0 Å². The second kappa shape index (κ2) is 3.66. The zero-order valence-electron chi connectivity index (χ0n) is 7.87. The minimum absolute atomic E-state index is 0.362. The third kappa shape index (κ3) is 1.41. The van der Waals surface area contributed by atoms with Gasteiger partial charge in [0.05, 0.1) is 23.5 Å². The first-order valence-electron chi connectivity index (χ1n) is 4.18. The number of benzene rings is 1. The molecule has 1 N–H and O–H groups in total. The first-order valence-corrected chi connectivity index (χ1v) is 8.25. The van der Waals surface area contributed by atoms with E-state index in [0.29, 0.717) is 12.1 Å². The number of rotatable bonds is 1. The fourth-order valence-corrected chi connectivity index (χ4v) is 2.98. The Labute approximate surface area is 96.8 Å². The molecule has 74 valence electrons. The largest absolute Gasteiger partial charge is 0.507 e. The van der Waals surface area contributed by atoms with Crippen molar-refractivity contribution in [2.75, 3.05) is 0 Å². The molecule has 5 heteroatoms. The maximum atomic E-state index is 9.90. The predicted octanol–water partition coefficient (Wildman–Crippen LogP) is 3.15. The van der Waals surface area contributed by atoms with E-state index in [1.54, 1.807) is 6.20 Å². The Morgan fingerprint density at radius 2 is 2.21 bits per heavy atom. The van der Waals surface area contributed by atoms with Crippen LogP contribution in [0.15, 0.2) is 12.3 Å². The Morgan fingerprint density at radius 1 is 1.50 bits per heavy atom. The molecule has 0 saturated carbocycles. The lowest BCUT2D eigenvalue weighted by Crippen LogP contribution is -1.86. The Bertz CT molecular complexity index is 495. The molecule has 0 aliphatic carbocycles. The zero-order chi connectivity index (χ0) is 10.3. The number of halogens is 1. The van der Waals surface area contributed by atoms with Crippen LogP contribution >= 0.6 is 28.4 Å². The van der Waals surface area contributed by atoms with Crippen LogP contribution in [-0.4, -0.2) is 14.7 Å². The summed E-state index contributed by atoms with van der Waals surface area (Å²) in [5.74, 6) is 0.362. The van der Waals surface area contributed by atoms with Crippen LogP contribution in [0, 0.1) is 13.8 Å². The van der Waals surface area contributed by atoms with Crippen molar-refractivity contribution in [3.63, 3.8) is 0 Å². The summed E-state index contributed by atoms with van der Waals surface area (Å²) in [5, 5.41) is 15.0. The van der Waals surface area contributed by atoms with E-state index in [0.717, 1.165) is 22.0 Å². The molecule has 3 nitrogen and oxygen atoms in total. The Balaban J connectivity index is 2.86. The minimum atomic E-state index is 0.362. The molecule has 2 rings (SSSR count). The van der Waals surface area contributed by atoms with Gasteiger partial charge in [-0.05, 0) is 53.1 Å². The molecule has 0 aliphatic rings. The van der Waals surface area contributed by atoms with Crippen LogP contribution in [0.4, 0.5) is 0 Å². The quantitative estimate of drug-likeness (QED) is 0.647. The van der Waals surface area contributed by atoms with Crippen LogP contribution in [0.3, 0.4) is 0 Å². The molecule has 0 saturated heterocycles. The van der Waals surface area contributed by atoms with Crippen LogP contribution in [0.5, 0.6) is 5.75 Å². The van der Waals surface area contributed by atoms with E-state index >= 15 is 0 Å². The van der Waals surface area contributed by atoms with Crippen LogP contribution in [-0.2, 0) is 0 Å². The number of aromatic nitrogens is 2. The molecule has 1 heterocycles. The average Bonchev–Trinajstić information content (AvgIpc) is 2.57. The summed E-state index contributed by atoms with van der Waals surface area (Å²) in [4.78, 5) is 0. The molecule has 0 aliphatic heterocycles. The number of fused-ring (bicyclic) bond motifs is 1. The summed E-state index contributed by atoms with van der Waals surface area (Å²) in [6.45, 7) is 3.93. The second-order valence-electron chi connectivity index (χ2n) is 3.24. The van der Waals surface area contributed by atoms with Crippen molar-refractivity contribution in [3.05, 3.63) is 23.4 Å². The van der Waals surface area contributed by atoms with Gasteiger partial charge in [0.1, 0.15) is 5.75 Å². The van der Waals surface area contributed by atoms with Gasteiger partial charge < -0.3 is 5.11 Å². The molecule has 0 spiro atoms. The summed E-state index contributed by atoms with van der Waals surface area (Å²) in [7, 11) is 0. The average molecular weight is 320 g/mol. The summed E-state index contributed by atoms with van der Waals surface area (Å²) in [6, 6.07) is 2.07. The molecule has 1 aromatic heterocycles. The molecule has 2 aromatic rings. The number of aromatic hydroxyl groups is 1. The monoisotopic (exact) mass is 320 g/mol. The van der Waals surface area contributed by atoms with Crippen molar-refractivity contribution < 1.29 is 5.11 Å². The maximum Gasteiger partial charge on any atom is 0.129 e. The van der Waals surface area contributed by atoms with Crippen LogP contribution in [0.25, 0.3) is 10.9 Å². The number of phenolic OH excluding ortho intramolecular Hbond substituents is 1. The number of aryl methyl sites for hydroxylation is 1. The normalized spacial score (nSPS) is 11.9. The minimum Gasteiger partial charge on any atom is -0.507 e. The molecule has 0 bridgehead atoms. The highest BCUT2D eigenvalue weighted by molar-refractivity contribution is 14.2. The summed E-state index contributed by atoms with van der Waals surface area (Å²) in [5.41, 5.74) is 3.05. The lowest BCUT2D eigenvalue weighted by Gasteiger charge is -2.05. The number of hydrogen-bond acceptors (Lipinski definition) is 2. The second-order valence-corrected chi connectivity index (χ2v) is 5.28. The standard InChI is InChI=1S/C9H10IN2OP/c1-5-3-8-7(9(13)6(5)2)4-11-12(8)14-10/h3-4,13-14H,1-2H3. The molecule has 1 aromatic carbocycles. The van der Waals surface area contributed by atoms with Gasteiger partial charge >= 0.3 is 0 Å². The third-order valence-corrected chi connectivity index (χ3v) is 4.33. The van der Waals surface area contributed by atoms with Gasteiger partial charge in [0.2, 0.25) is 0 Å². The molecule has 1 unspecified atom stereocenters. The highest BCUT2D eigenvalue weighted by atomic mass is 127.